The van der Waals surface area contributed by atoms with Crippen molar-refractivity contribution in [3.63, 3.8) is 0 Å². The van der Waals surface area contributed by atoms with E-state index in [1.54, 1.807) is 19.1 Å². The number of nitrogens with one attached hydrogen (secondary N) is 1. The van der Waals surface area contributed by atoms with Crippen LogP contribution in [0.4, 0.5) is 9.18 Å². The van der Waals surface area contributed by atoms with Crippen LogP contribution >= 0.6 is 0 Å². The van der Waals surface area contributed by atoms with Gasteiger partial charge in [-0.05, 0) is 38.5 Å². The maximum atomic E-state index is 13.6. The molecule has 0 spiro atoms. The van der Waals surface area contributed by atoms with Crippen LogP contribution < -0.4 is 10.1 Å². The first kappa shape index (κ1) is 14.3. The smallest absolute Gasteiger partial charge is 0.407 e. The highest BCUT2D eigenvalue weighted by molar-refractivity contribution is 5.67. The summed E-state index contributed by atoms with van der Waals surface area (Å²) >= 11 is 0. The van der Waals surface area contributed by atoms with Gasteiger partial charge in [0, 0.05) is 6.54 Å². The first-order chi connectivity index (χ1) is 8.52. The lowest BCUT2D eigenvalue weighted by atomic mass is 10.2. The van der Waals surface area contributed by atoms with Gasteiger partial charge in [-0.25, -0.2) is 9.18 Å². The van der Waals surface area contributed by atoms with E-state index in [0.29, 0.717) is 12.2 Å². The average Bonchev–Trinajstić information content (AvgIpc) is 2.29. The number of ether oxygens (including phenoxy) is 2. The monoisotopic (exact) mass is 255 g/mol. The second-order valence-electron chi connectivity index (χ2n) is 4.01. The van der Waals surface area contributed by atoms with Crippen LogP contribution in [-0.2, 0) is 11.3 Å². The zero-order valence-electron chi connectivity index (χ0n) is 10.8. The third-order valence-corrected chi connectivity index (χ3v) is 2.07. The van der Waals surface area contributed by atoms with Gasteiger partial charge in [0.1, 0.15) is 0 Å². The van der Waals surface area contributed by atoms with Crippen molar-refractivity contribution in [2.24, 2.45) is 0 Å². The van der Waals surface area contributed by atoms with Gasteiger partial charge in [-0.2, -0.15) is 0 Å². The first-order valence-electron chi connectivity index (χ1n) is 5.88. The molecule has 0 radical (unpaired) electrons. The van der Waals surface area contributed by atoms with Crippen molar-refractivity contribution >= 4 is 6.09 Å². The molecule has 0 aliphatic carbocycles. The summed E-state index contributed by atoms with van der Waals surface area (Å²) in [5.74, 6) is -0.225. The highest BCUT2D eigenvalue weighted by Crippen LogP contribution is 2.19. The van der Waals surface area contributed by atoms with E-state index in [0.717, 1.165) is 0 Å². The van der Waals surface area contributed by atoms with Gasteiger partial charge in [-0.1, -0.05) is 6.07 Å². The Kier molecular flexibility index (Phi) is 5.42. The van der Waals surface area contributed by atoms with Gasteiger partial charge in [0.25, 0.3) is 0 Å². The summed E-state index contributed by atoms with van der Waals surface area (Å²) < 4.78 is 23.6. The average molecular weight is 255 g/mol. The molecule has 1 aromatic rings. The maximum absolute atomic E-state index is 13.6. The molecular formula is C13H18FNO3. The van der Waals surface area contributed by atoms with Crippen LogP contribution in [0.3, 0.4) is 0 Å². The third-order valence-electron chi connectivity index (χ3n) is 2.07. The normalized spacial score (nSPS) is 10.3. The number of amides is 1. The summed E-state index contributed by atoms with van der Waals surface area (Å²) in [6, 6.07) is 4.59. The molecule has 0 heterocycles. The predicted octanol–water partition coefficient (Wildman–Crippen LogP) is 2.86. The Morgan fingerprint density at radius 1 is 1.44 bits per heavy atom. The van der Waals surface area contributed by atoms with E-state index >= 15 is 0 Å². The van der Waals surface area contributed by atoms with E-state index < -0.39 is 11.9 Å². The lowest BCUT2D eigenvalue weighted by molar-refractivity contribution is 0.151. The molecule has 0 unspecified atom stereocenters. The van der Waals surface area contributed by atoms with Crippen LogP contribution in [0.25, 0.3) is 0 Å². The number of alkyl carbamates (subject to hydrolysis) is 1. The second-order valence-corrected chi connectivity index (χ2v) is 4.01. The van der Waals surface area contributed by atoms with Crippen LogP contribution in [0, 0.1) is 5.82 Å². The van der Waals surface area contributed by atoms with Crippen LogP contribution in [0.1, 0.15) is 26.3 Å². The van der Waals surface area contributed by atoms with Gasteiger partial charge in [-0.3, -0.25) is 0 Å². The molecule has 18 heavy (non-hydrogen) atoms. The van der Waals surface area contributed by atoms with Crippen molar-refractivity contribution in [2.75, 3.05) is 6.61 Å². The molecular weight excluding hydrogens is 237 g/mol. The highest BCUT2D eigenvalue weighted by atomic mass is 19.1. The molecule has 1 amide bonds. The fraction of sp³-hybridized carbons (Fsp3) is 0.462. The van der Waals surface area contributed by atoms with E-state index in [4.69, 9.17) is 9.47 Å². The van der Waals surface area contributed by atoms with E-state index in [1.165, 1.54) is 6.07 Å². The molecule has 1 rings (SSSR count). The molecule has 5 heteroatoms. The molecule has 4 nitrogen and oxygen atoms in total. The second kappa shape index (κ2) is 6.83. The number of rotatable bonds is 5. The topological polar surface area (TPSA) is 47.6 Å². The van der Waals surface area contributed by atoms with Gasteiger partial charge in [0.2, 0.25) is 0 Å². The van der Waals surface area contributed by atoms with Gasteiger partial charge in [0.05, 0.1) is 12.7 Å². The van der Waals surface area contributed by atoms with Crippen molar-refractivity contribution < 1.29 is 18.7 Å². The largest absolute Gasteiger partial charge is 0.488 e. The molecule has 0 saturated carbocycles. The highest BCUT2D eigenvalue weighted by Gasteiger charge is 2.07. The number of hydrogen-bond donors (Lipinski definition) is 1. The molecule has 100 valence electrons. The van der Waals surface area contributed by atoms with Gasteiger partial charge >= 0.3 is 6.09 Å². The Morgan fingerprint density at radius 2 is 2.17 bits per heavy atom. The lowest BCUT2D eigenvalue weighted by Gasteiger charge is -2.11. The molecule has 0 bridgehead atoms. The van der Waals surface area contributed by atoms with Crippen molar-refractivity contribution in [1.82, 2.24) is 5.32 Å². The Labute approximate surface area is 106 Å². The molecule has 0 aromatic heterocycles. The number of carbonyl (C=O) groups is 1. The summed E-state index contributed by atoms with van der Waals surface area (Å²) in [7, 11) is 0. The predicted molar refractivity (Wildman–Crippen MR) is 66.0 cm³/mol. The summed E-state index contributed by atoms with van der Waals surface area (Å²) in [6.07, 6.45) is -0.594. The molecule has 0 atom stereocenters. The Bertz CT molecular complexity index is 407. The minimum atomic E-state index is -0.514. The quantitative estimate of drug-likeness (QED) is 0.880. The van der Waals surface area contributed by atoms with E-state index in [9.17, 15) is 9.18 Å². The Balaban J connectivity index is 2.58. The van der Waals surface area contributed by atoms with Gasteiger partial charge in [0.15, 0.2) is 11.6 Å². The number of carbonyl (C=O) groups excluding carboxylic acids is 1. The van der Waals surface area contributed by atoms with E-state index in [2.05, 4.69) is 5.32 Å². The van der Waals surface area contributed by atoms with Crippen molar-refractivity contribution in [2.45, 2.75) is 33.4 Å². The minimum absolute atomic E-state index is 0.0805. The van der Waals surface area contributed by atoms with Crippen molar-refractivity contribution in [1.29, 1.82) is 0 Å². The Morgan fingerprint density at radius 3 is 2.72 bits per heavy atom. The summed E-state index contributed by atoms with van der Waals surface area (Å²) in [4.78, 5) is 11.1. The number of halogens is 1. The van der Waals surface area contributed by atoms with E-state index in [-0.39, 0.29) is 18.4 Å². The number of hydrogen-bond acceptors (Lipinski definition) is 3. The van der Waals surface area contributed by atoms with Crippen molar-refractivity contribution in [3.05, 3.63) is 29.6 Å². The van der Waals surface area contributed by atoms with Crippen LogP contribution in [0.15, 0.2) is 18.2 Å². The Hall–Kier alpha value is -1.78. The zero-order chi connectivity index (χ0) is 13.5. The van der Waals surface area contributed by atoms with E-state index in [1.807, 2.05) is 13.8 Å². The molecule has 1 N–H and O–H groups in total. The molecule has 0 fully saturated rings. The standard InChI is InChI=1S/C13H18FNO3/c1-4-17-13(16)15-8-10-5-6-12(11(14)7-10)18-9(2)3/h5-7,9H,4,8H2,1-3H3,(H,15,16). The summed E-state index contributed by atoms with van der Waals surface area (Å²) in [5, 5.41) is 2.52. The molecule has 0 aliphatic heterocycles. The lowest BCUT2D eigenvalue weighted by Crippen LogP contribution is -2.23. The summed E-state index contributed by atoms with van der Waals surface area (Å²) in [6.45, 7) is 5.90. The zero-order valence-corrected chi connectivity index (χ0v) is 10.8. The van der Waals surface area contributed by atoms with Crippen LogP contribution in [0.5, 0.6) is 5.75 Å². The first-order valence-corrected chi connectivity index (χ1v) is 5.88. The third kappa shape index (κ3) is 4.61. The molecule has 0 saturated heterocycles. The SMILES string of the molecule is CCOC(=O)NCc1ccc(OC(C)C)c(F)c1. The fourth-order valence-electron chi connectivity index (χ4n) is 1.36. The molecule has 0 aliphatic rings. The van der Waals surface area contributed by atoms with Gasteiger partial charge < -0.3 is 14.8 Å². The molecule has 1 aromatic carbocycles. The van der Waals surface area contributed by atoms with Crippen LogP contribution in [-0.4, -0.2) is 18.8 Å². The van der Waals surface area contributed by atoms with Crippen LogP contribution in [0.2, 0.25) is 0 Å². The number of benzene rings is 1. The fourth-order valence-corrected chi connectivity index (χ4v) is 1.36. The summed E-state index contributed by atoms with van der Waals surface area (Å²) in [5.41, 5.74) is 0.650. The van der Waals surface area contributed by atoms with Gasteiger partial charge in [-0.15, -0.1) is 0 Å². The van der Waals surface area contributed by atoms with Crippen molar-refractivity contribution in [3.8, 4) is 5.75 Å². The maximum Gasteiger partial charge on any atom is 0.407 e. The minimum Gasteiger partial charge on any atom is -0.488 e.